The Labute approximate surface area is 149 Å². The number of aliphatic hydroxyl groups is 1. The summed E-state index contributed by atoms with van der Waals surface area (Å²) in [7, 11) is 0. The first-order chi connectivity index (χ1) is 12.1. The van der Waals surface area contributed by atoms with Gasteiger partial charge in [0.15, 0.2) is 0 Å². The fourth-order valence-electron chi connectivity index (χ4n) is 2.56. The highest BCUT2D eigenvalue weighted by Gasteiger charge is 2.11. The van der Waals surface area contributed by atoms with Crippen LogP contribution in [-0.2, 0) is 6.42 Å². The molecule has 0 saturated carbocycles. The second-order valence-corrected chi connectivity index (χ2v) is 5.88. The van der Waals surface area contributed by atoms with Crippen LogP contribution in [-0.4, -0.2) is 26.2 Å². The number of halogens is 1. The largest absolute Gasteiger partial charge is 0.396 e. The highest BCUT2D eigenvalue weighted by molar-refractivity contribution is 6.30. The number of H-pyrrole nitrogens is 1. The summed E-state index contributed by atoms with van der Waals surface area (Å²) >= 11 is 5.96. The zero-order chi connectivity index (χ0) is 17.8. The Morgan fingerprint density at radius 1 is 1.32 bits per heavy atom. The Morgan fingerprint density at radius 2 is 2.16 bits per heavy atom. The number of nitrogens with zero attached hydrogens (tertiary/aromatic N) is 2. The minimum atomic E-state index is -0.216. The SMILES string of the molecule is Cc1nc(C#Cc2cccc(Cl)c2)cn1-c1cc[nH]c(=O)c1CCO. The van der Waals surface area contributed by atoms with Crippen LogP contribution in [0.25, 0.3) is 5.69 Å². The topological polar surface area (TPSA) is 70.9 Å². The zero-order valence-corrected chi connectivity index (χ0v) is 14.3. The van der Waals surface area contributed by atoms with Crippen LogP contribution in [0.1, 0.15) is 22.6 Å². The van der Waals surface area contributed by atoms with E-state index in [0.717, 1.165) is 5.56 Å². The standard InChI is InChI=1S/C19H16ClN3O2/c1-13-22-16(6-5-14-3-2-4-15(20)11-14)12-23(13)18-7-9-21-19(25)17(18)8-10-24/h2-4,7,9,11-12,24H,8,10H2,1H3,(H,21,25). The molecule has 0 radical (unpaired) electrons. The summed E-state index contributed by atoms with van der Waals surface area (Å²) in [5, 5.41) is 9.84. The maximum Gasteiger partial charge on any atom is 0.253 e. The number of aromatic amines is 1. The van der Waals surface area contributed by atoms with Gasteiger partial charge in [0.25, 0.3) is 5.56 Å². The van der Waals surface area contributed by atoms with E-state index in [0.29, 0.717) is 27.8 Å². The van der Waals surface area contributed by atoms with Gasteiger partial charge in [0, 0.05) is 41.6 Å². The zero-order valence-electron chi connectivity index (χ0n) is 13.6. The van der Waals surface area contributed by atoms with E-state index >= 15 is 0 Å². The molecule has 0 fully saturated rings. The molecular weight excluding hydrogens is 338 g/mol. The average Bonchev–Trinajstić information content (AvgIpc) is 2.96. The van der Waals surface area contributed by atoms with E-state index in [-0.39, 0.29) is 18.6 Å². The van der Waals surface area contributed by atoms with Gasteiger partial charge in [0.05, 0.1) is 5.69 Å². The number of aryl methyl sites for hydroxylation is 1. The van der Waals surface area contributed by atoms with E-state index in [2.05, 4.69) is 21.8 Å². The van der Waals surface area contributed by atoms with E-state index < -0.39 is 0 Å². The Hall–Kier alpha value is -2.81. The predicted octanol–water partition coefficient (Wildman–Crippen LogP) is 2.46. The molecule has 0 unspecified atom stereocenters. The molecule has 2 heterocycles. The predicted molar refractivity (Wildman–Crippen MR) is 97.1 cm³/mol. The van der Waals surface area contributed by atoms with Gasteiger partial charge in [0.2, 0.25) is 0 Å². The lowest BCUT2D eigenvalue weighted by Gasteiger charge is -2.09. The second kappa shape index (κ2) is 7.39. The summed E-state index contributed by atoms with van der Waals surface area (Å²) in [5.74, 6) is 6.74. The van der Waals surface area contributed by atoms with Crippen molar-refractivity contribution < 1.29 is 5.11 Å². The summed E-state index contributed by atoms with van der Waals surface area (Å²) in [6.45, 7) is 1.74. The number of aliphatic hydroxyl groups excluding tert-OH is 1. The van der Waals surface area contributed by atoms with Gasteiger partial charge in [-0.25, -0.2) is 4.98 Å². The van der Waals surface area contributed by atoms with Gasteiger partial charge in [-0.3, -0.25) is 4.79 Å². The molecule has 6 heteroatoms. The third-order valence-electron chi connectivity index (χ3n) is 3.70. The van der Waals surface area contributed by atoms with Gasteiger partial charge in [-0.2, -0.15) is 0 Å². The molecule has 0 atom stereocenters. The van der Waals surface area contributed by atoms with E-state index in [1.165, 1.54) is 0 Å². The van der Waals surface area contributed by atoms with Crippen LogP contribution in [0.5, 0.6) is 0 Å². The van der Waals surface area contributed by atoms with Crippen molar-refractivity contribution in [1.82, 2.24) is 14.5 Å². The van der Waals surface area contributed by atoms with Crippen molar-refractivity contribution in [1.29, 1.82) is 0 Å². The molecule has 0 amide bonds. The lowest BCUT2D eigenvalue weighted by Crippen LogP contribution is -2.17. The molecule has 25 heavy (non-hydrogen) atoms. The van der Waals surface area contributed by atoms with E-state index in [1.54, 1.807) is 30.6 Å². The highest BCUT2D eigenvalue weighted by atomic mass is 35.5. The van der Waals surface area contributed by atoms with Gasteiger partial charge in [-0.1, -0.05) is 23.6 Å². The average molecular weight is 354 g/mol. The molecule has 0 spiro atoms. The van der Waals surface area contributed by atoms with Gasteiger partial charge < -0.3 is 14.7 Å². The minimum Gasteiger partial charge on any atom is -0.396 e. The van der Waals surface area contributed by atoms with Crippen LogP contribution in [0.2, 0.25) is 5.02 Å². The van der Waals surface area contributed by atoms with Gasteiger partial charge in [-0.05, 0) is 37.1 Å². The number of rotatable bonds is 3. The molecule has 3 aromatic rings. The van der Waals surface area contributed by atoms with Crippen molar-refractivity contribution in [3.8, 4) is 17.5 Å². The minimum absolute atomic E-state index is 0.102. The monoisotopic (exact) mass is 353 g/mol. The lowest BCUT2D eigenvalue weighted by atomic mass is 10.1. The molecule has 2 aromatic heterocycles. The first-order valence-electron chi connectivity index (χ1n) is 7.74. The van der Waals surface area contributed by atoms with Crippen LogP contribution in [0.15, 0.2) is 47.5 Å². The van der Waals surface area contributed by atoms with Crippen LogP contribution in [0.4, 0.5) is 0 Å². The fraction of sp³-hybridized carbons (Fsp3) is 0.158. The van der Waals surface area contributed by atoms with Crippen molar-refractivity contribution in [3.05, 3.63) is 80.7 Å². The van der Waals surface area contributed by atoms with Crippen molar-refractivity contribution >= 4 is 11.6 Å². The third-order valence-corrected chi connectivity index (χ3v) is 3.94. The van der Waals surface area contributed by atoms with Gasteiger partial charge in [-0.15, -0.1) is 0 Å². The number of nitrogens with one attached hydrogen (secondary N) is 1. The molecule has 0 aliphatic carbocycles. The molecule has 1 aromatic carbocycles. The molecule has 0 bridgehead atoms. The van der Waals surface area contributed by atoms with Crippen molar-refractivity contribution in [3.63, 3.8) is 0 Å². The summed E-state index contributed by atoms with van der Waals surface area (Å²) in [4.78, 5) is 19.1. The number of pyridine rings is 1. The number of aromatic nitrogens is 3. The maximum absolute atomic E-state index is 12.0. The van der Waals surface area contributed by atoms with Crippen molar-refractivity contribution in [2.75, 3.05) is 6.61 Å². The summed E-state index contributed by atoms with van der Waals surface area (Å²) in [5.41, 5.74) is 2.38. The molecule has 0 saturated heterocycles. The maximum atomic E-state index is 12.0. The van der Waals surface area contributed by atoms with E-state index in [9.17, 15) is 9.90 Å². The Morgan fingerprint density at radius 3 is 2.92 bits per heavy atom. The Bertz CT molecular complexity index is 1020. The number of imidazole rings is 1. The molecular formula is C19H16ClN3O2. The van der Waals surface area contributed by atoms with Gasteiger partial charge >= 0.3 is 0 Å². The van der Waals surface area contributed by atoms with E-state index in [4.69, 9.17) is 11.6 Å². The lowest BCUT2D eigenvalue weighted by molar-refractivity contribution is 0.299. The normalized spacial score (nSPS) is 10.4. The molecule has 0 aliphatic heterocycles. The summed E-state index contributed by atoms with van der Waals surface area (Å²) in [6, 6.07) is 9.08. The van der Waals surface area contributed by atoms with Crippen LogP contribution in [0, 0.1) is 18.8 Å². The Balaban J connectivity index is 2.00. The second-order valence-electron chi connectivity index (χ2n) is 5.45. The van der Waals surface area contributed by atoms with Gasteiger partial charge in [0.1, 0.15) is 11.5 Å². The molecule has 5 nitrogen and oxygen atoms in total. The first-order valence-corrected chi connectivity index (χ1v) is 8.11. The van der Waals surface area contributed by atoms with Crippen LogP contribution >= 0.6 is 11.6 Å². The molecule has 126 valence electrons. The fourth-order valence-corrected chi connectivity index (χ4v) is 2.75. The smallest absolute Gasteiger partial charge is 0.253 e. The molecule has 2 N–H and O–H groups in total. The highest BCUT2D eigenvalue weighted by Crippen LogP contribution is 2.15. The van der Waals surface area contributed by atoms with E-state index in [1.807, 2.05) is 23.6 Å². The quantitative estimate of drug-likeness (QED) is 0.710. The number of hydrogen-bond acceptors (Lipinski definition) is 3. The molecule has 3 rings (SSSR count). The Kier molecular flexibility index (Phi) is 5.03. The number of hydrogen-bond donors (Lipinski definition) is 2. The molecule has 0 aliphatic rings. The summed E-state index contributed by atoms with van der Waals surface area (Å²) < 4.78 is 1.81. The summed E-state index contributed by atoms with van der Waals surface area (Å²) in [6.07, 6.45) is 3.63. The first kappa shape index (κ1) is 17.0. The van der Waals surface area contributed by atoms with Crippen LogP contribution < -0.4 is 5.56 Å². The third kappa shape index (κ3) is 3.82. The van der Waals surface area contributed by atoms with Crippen molar-refractivity contribution in [2.45, 2.75) is 13.3 Å². The number of benzene rings is 1. The van der Waals surface area contributed by atoms with Crippen LogP contribution in [0.3, 0.4) is 0 Å². The van der Waals surface area contributed by atoms with Crippen molar-refractivity contribution in [2.24, 2.45) is 0 Å².